The standard InChI is InChI=1S/C11H17N3O2S3/c1-2-17-10-13-14-11(19-10)18-7-9(15)12-6-8-4-3-5-16-8/h8H,2-7H2,1H3,(H,12,15)/t8-/m1/s1. The van der Waals surface area contributed by atoms with Gasteiger partial charge in [0.2, 0.25) is 5.91 Å². The summed E-state index contributed by atoms with van der Waals surface area (Å²) in [5.74, 6) is 1.40. The molecule has 19 heavy (non-hydrogen) atoms. The lowest BCUT2D eigenvalue weighted by Crippen LogP contribution is -2.32. The Balaban J connectivity index is 1.64. The molecule has 5 nitrogen and oxygen atoms in total. The molecule has 1 amide bonds. The molecule has 1 aromatic rings. The van der Waals surface area contributed by atoms with Crippen molar-refractivity contribution < 1.29 is 9.53 Å². The summed E-state index contributed by atoms with van der Waals surface area (Å²) in [5.41, 5.74) is 0. The van der Waals surface area contributed by atoms with Gasteiger partial charge in [-0.3, -0.25) is 4.79 Å². The maximum Gasteiger partial charge on any atom is 0.230 e. The highest BCUT2D eigenvalue weighted by Crippen LogP contribution is 2.28. The van der Waals surface area contributed by atoms with Crippen LogP contribution < -0.4 is 5.32 Å². The third-order valence-electron chi connectivity index (χ3n) is 2.53. The minimum Gasteiger partial charge on any atom is -0.376 e. The fraction of sp³-hybridized carbons (Fsp3) is 0.727. The summed E-state index contributed by atoms with van der Waals surface area (Å²) >= 11 is 4.65. The molecule has 0 spiro atoms. The van der Waals surface area contributed by atoms with Gasteiger partial charge >= 0.3 is 0 Å². The summed E-state index contributed by atoms with van der Waals surface area (Å²) in [6.07, 6.45) is 2.34. The Morgan fingerprint density at radius 1 is 1.47 bits per heavy atom. The summed E-state index contributed by atoms with van der Waals surface area (Å²) in [7, 11) is 0. The second-order valence-corrected chi connectivity index (χ2v) is 7.71. The van der Waals surface area contributed by atoms with Crippen molar-refractivity contribution in [3.63, 3.8) is 0 Å². The molecule has 1 aliphatic heterocycles. The maximum atomic E-state index is 11.7. The SMILES string of the molecule is CCSc1nnc(SCC(=O)NC[C@H]2CCCO2)s1. The van der Waals surface area contributed by atoms with E-state index in [1.54, 1.807) is 23.1 Å². The van der Waals surface area contributed by atoms with Gasteiger partial charge in [0.05, 0.1) is 11.9 Å². The molecule has 0 unspecified atom stereocenters. The van der Waals surface area contributed by atoms with Gasteiger partial charge in [0.15, 0.2) is 8.68 Å². The number of carbonyl (C=O) groups is 1. The van der Waals surface area contributed by atoms with E-state index >= 15 is 0 Å². The Morgan fingerprint density at radius 2 is 2.26 bits per heavy atom. The minimum atomic E-state index is 0.0281. The van der Waals surface area contributed by atoms with Gasteiger partial charge in [-0.2, -0.15) is 0 Å². The fourth-order valence-corrected chi connectivity index (χ4v) is 4.40. The number of nitrogens with zero attached hydrogens (tertiary/aromatic N) is 2. The smallest absolute Gasteiger partial charge is 0.230 e. The van der Waals surface area contributed by atoms with Crippen molar-refractivity contribution in [1.29, 1.82) is 0 Å². The Bertz CT molecular complexity index is 408. The van der Waals surface area contributed by atoms with Gasteiger partial charge in [0.1, 0.15) is 0 Å². The molecule has 2 heterocycles. The van der Waals surface area contributed by atoms with Gasteiger partial charge < -0.3 is 10.1 Å². The van der Waals surface area contributed by atoms with Crippen LogP contribution in [-0.4, -0.2) is 46.9 Å². The topological polar surface area (TPSA) is 64.1 Å². The quantitative estimate of drug-likeness (QED) is 0.776. The molecule has 106 valence electrons. The van der Waals surface area contributed by atoms with Crippen LogP contribution in [0.3, 0.4) is 0 Å². The molecule has 0 radical (unpaired) electrons. The molecule has 2 rings (SSSR count). The van der Waals surface area contributed by atoms with Crippen LogP contribution in [0.4, 0.5) is 0 Å². The Labute approximate surface area is 125 Å². The normalized spacial score (nSPS) is 18.7. The Kier molecular flexibility index (Phi) is 6.42. The highest BCUT2D eigenvalue weighted by molar-refractivity contribution is 8.03. The predicted molar refractivity (Wildman–Crippen MR) is 79.0 cm³/mol. The first kappa shape index (κ1) is 15.1. The number of thioether (sulfide) groups is 2. The van der Waals surface area contributed by atoms with Gasteiger partial charge in [-0.25, -0.2) is 0 Å². The van der Waals surface area contributed by atoms with Crippen LogP contribution in [0.15, 0.2) is 8.68 Å². The van der Waals surface area contributed by atoms with Crippen LogP contribution in [0.1, 0.15) is 19.8 Å². The molecule has 1 aliphatic rings. The van der Waals surface area contributed by atoms with Gasteiger partial charge in [0, 0.05) is 13.2 Å². The first-order valence-electron chi connectivity index (χ1n) is 6.25. The van der Waals surface area contributed by atoms with Crippen molar-refractivity contribution in [1.82, 2.24) is 15.5 Å². The molecule has 1 aromatic heterocycles. The molecule has 0 bridgehead atoms. The van der Waals surface area contributed by atoms with Gasteiger partial charge in [-0.05, 0) is 18.6 Å². The predicted octanol–water partition coefficient (Wildman–Crippen LogP) is 2.04. The number of hydrogen-bond acceptors (Lipinski definition) is 7. The average Bonchev–Trinajstić information content (AvgIpc) is 3.05. The number of carbonyl (C=O) groups excluding carboxylic acids is 1. The lowest BCUT2D eigenvalue weighted by Gasteiger charge is -2.09. The summed E-state index contributed by atoms with van der Waals surface area (Å²) in [6.45, 7) is 3.52. The number of amides is 1. The van der Waals surface area contributed by atoms with Crippen molar-refractivity contribution in [2.24, 2.45) is 0 Å². The van der Waals surface area contributed by atoms with Crippen LogP contribution in [-0.2, 0) is 9.53 Å². The van der Waals surface area contributed by atoms with E-state index in [1.165, 1.54) is 11.8 Å². The van der Waals surface area contributed by atoms with E-state index in [-0.39, 0.29) is 12.0 Å². The lowest BCUT2D eigenvalue weighted by atomic mass is 10.2. The third-order valence-corrected chi connectivity index (χ3v) is 5.61. The summed E-state index contributed by atoms with van der Waals surface area (Å²) in [6, 6.07) is 0. The van der Waals surface area contributed by atoms with Crippen LogP contribution in [0, 0.1) is 0 Å². The molecule has 0 saturated carbocycles. The zero-order valence-electron chi connectivity index (χ0n) is 10.8. The molecule has 1 atom stereocenters. The number of aromatic nitrogens is 2. The van der Waals surface area contributed by atoms with Crippen LogP contribution in [0.25, 0.3) is 0 Å². The molecule has 1 saturated heterocycles. The van der Waals surface area contributed by atoms with Gasteiger partial charge in [-0.1, -0.05) is 41.8 Å². The largest absolute Gasteiger partial charge is 0.376 e. The lowest BCUT2D eigenvalue weighted by molar-refractivity contribution is -0.119. The van der Waals surface area contributed by atoms with Crippen LogP contribution >= 0.6 is 34.9 Å². The van der Waals surface area contributed by atoms with Crippen molar-refractivity contribution in [2.45, 2.75) is 34.5 Å². The number of ether oxygens (including phenoxy) is 1. The third kappa shape index (κ3) is 5.29. The van der Waals surface area contributed by atoms with E-state index in [2.05, 4.69) is 22.4 Å². The zero-order chi connectivity index (χ0) is 13.5. The van der Waals surface area contributed by atoms with Crippen LogP contribution in [0.2, 0.25) is 0 Å². The number of hydrogen-bond donors (Lipinski definition) is 1. The highest BCUT2D eigenvalue weighted by atomic mass is 32.2. The van der Waals surface area contributed by atoms with E-state index < -0.39 is 0 Å². The first-order chi connectivity index (χ1) is 9.28. The van der Waals surface area contributed by atoms with Gasteiger partial charge in [0.25, 0.3) is 0 Å². The second kappa shape index (κ2) is 8.08. The second-order valence-electron chi connectivity index (χ2n) is 3.99. The monoisotopic (exact) mass is 319 g/mol. The van der Waals surface area contributed by atoms with E-state index in [0.717, 1.165) is 33.9 Å². The summed E-state index contributed by atoms with van der Waals surface area (Å²) in [4.78, 5) is 11.7. The molecule has 1 fully saturated rings. The number of rotatable bonds is 7. The molecule has 0 aromatic carbocycles. The van der Waals surface area contributed by atoms with E-state index in [0.29, 0.717) is 12.3 Å². The molecule has 0 aliphatic carbocycles. The van der Waals surface area contributed by atoms with E-state index in [9.17, 15) is 4.79 Å². The number of nitrogens with one attached hydrogen (secondary N) is 1. The first-order valence-corrected chi connectivity index (χ1v) is 9.04. The Morgan fingerprint density at radius 3 is 2.95 bits per heavy atom. The minimum absolute atomic E-state index is 0.0281. The molecule has 1 N–H and O–H groups in total. The maximum absolute atomic E-state index is 11.7. The molecular formula is C11H17N3O2S3. The molecular weight excluding hydrogens is 302 g/mol. The zero-order valence-corrected chi connectivity index (χ0v) is 13.2. The molecule has 8 heteroatoms. The van der Waals surface area contributed by atoms with E-state index in [4.69, 9.17) is 4.74 Å². The Hall–Kier alpha value is -0.310. The highest BCUT2D eigenvalue weighted by Gasteiger charge is 2.16. The van der Waals surface area contributed by atoms with Crippen molar-refractivity contribution in [2.75, 3.05) is 24.7 Å². The van der Waals surface area contributed by atoms with Crippen molar-refractivity contribution >= 4 is 40.8 Å². The summed E-state index contributed by atoms with van der Waals surface area (Å²) in [5, 5.41) is 11.0. The van der Waals surface area contributed by atoms with Crippen LogP contribution in [0.5, 0.6) is 0 Å². The van der Waals surface area contributed by atoms with Gasteiger partial charge in [-0.15, -0.1) is 10.2 Å². The summed E-state index contributed by atoms with van der Waals surface area (Å²) < 4.78 is 7.26. The fourth-order valence-electron chi connectivity index (χ4n) is 1.65. The van der Waals surface area contributed by atoms with Crippen molar-refractivity contribution in [3.05, 3.63) is 0 Å². The van der Waals surface area contributed by atoms with Crippen molar-refractivity contribution in [3.8, 4) is 0 Å². The average molecular weight is 319 g/mol. The van der Waals surface area contributed by atoms with E-state index in [1.807, 2.05) is 0 Å².